The third-order valence-electron chi connectivity index (χ3n) is 5.18. The van der Waals surface area contributed by atoms with Gasteiger partial charge >= 0.3 is 0 Å². The molecule has 140 valence electrons. The highest BCUT2D eigenvalue weighted by atomic mass is 79.9. The lowest BCUT2D eigenvalue weighted by atomic mass is 9.89. The van der Waals surface area contributed by atoms with Gasteiger partial charge in [-0.15, -0.1) is 0 Å². The maximum atomic E-state index is 12.8. The van der Waals surface area contributed by atoms with E-state index in [0.717, 1.165) is 40.5 Å². The van der Waals surface area contributed by atoms with Crippen molar-refractivity contribution in [3.63, 3.8) is 0 Å². The topological polar surface area (TPSA) is 42.3 Å². The Hall–Kier alpha value is -1.79. The summed E-state index contributed by atoms with van der Waals surface area (Å²) in [6.45, 7) is 0.564. The lowest BCUT2D eigenvalue weighted by Gasteiger charge is -2.25. The number of rotatable bonds is 4. The van der Waals surface area contributed by atoms with Gasteiger partial charge in [0, 0.05) is 28.6 Å². The van der Waals surface area contributed by atoms with E-state index in [0.29, 0.717) is 17.4 Å². The third-order valence-corrected chi connectivity index (χ3v) is 6.59. The minimum Gasteiger partial charge on any atom is -0.317 e. The quantitative estimate of drug-likeness (QED) is 0.554. The summed E-state index contributed by atoms with van der Waals surface area (Å²) in [7, 11) is 0. The lowest BCUT2D eigenvalue weighted by molar-refractivity contribution is -0.123. The van der Waals surface area contributed by atoms with Crippen LogP contribution in [0.1, 0.15) is 37.8 Å². The number of halogens is 1. The number of carbonyl (C=O) groups excluding carboxylic acids is 2. The second-order valence-corrected chi connectivity index (χ2v) is 8.99. The second kappa shape index (κ2) is 8.07. The molecule has 0 bridgehead atoms. The highest BCUT2D eigenvalue weighted by Crippen LogP contribution is 2.35. The fraction of sp³-hybridized carbons (Fsp3) is 0.333. The molecule has 0 atom stereocenters. The molecule has 2 aromatic rings. The summed E-state index contributed by atoms with van der Waals surface area (Å²) in [6, 6.07) is 11.9. The molecule has 1 aliphatic heterocycles. The Balaban J connectivity index is 1.56. The van der Waals surface area contributed by atoms with Crippen LogP contribution in [0.15, 0.2) is 52.0 Å². The van der Waals surface area contributed by atoms with E-state index >= 15 is 0 Å². The molecule has 1 saturated carbocycles. The summed E-state index contributed by atoms with van der Waals surface area (Å²) < 4.78 is 3.01. The van der Waals surface area contributed by atoms with Crippen molar-refractivity contribution in [2.24, 2.45) is 5.92 Å². The van der Waals surface area contributed by atoms with Gasteiger partial charge < -0.3 is 4.57 Å². The average molecular weight is 445 g/mol. The van der Waals surface area contributed by atoms with Gasteiger partial charge in [0.1, 0.15) is 0 Å². The van der Waals surface area contributed by atoms with Crippen LogP contribution in [0.25, 0.3) is 11.8 Å². The van der Waals surface area contributed by atoms with Gasteiger partial charge in [0.05, 0.1) is 4.91 Å². The average Bonchev–Trinajstić information content (AvgIpc) is 3.23. The Morgan fingerprint density at radius 2 is 1.93 bits per heavy atom. The molecule has 1 aromatic carbocycles. The summed E-state index contributed by atoms with van der Waals surface area (Å²) >= 11 is 4.55. The Morgan fingerprint density at radius 3 is 2.70 bits per heavy atom. The first-order valence-electron chi connectivity index (χ1n) is 9.30. The molecule has 0 N–H and O–H groups in total. The predicted octanol–water partition coefficient (Wildman–Crippen LogP) is 5.86. The molecule has 0 spiro atoms. The van der Waals surface area contributed by atoms with Crippen LogP contribution < -0.4 is 0 Å². The van der Waals surface area contributed by atoms with Crippen LogP contribution in [0.4, 0.5) is 4.79 Å². The van der Waals surface area contributed by atoms with Gasteiger partial charge in [0.15, 0.2) is 0 Å². The van der Waals surface area contributed by atoms with Crippen LogP contribution >= 0.6 is 27.7 Å². The molecule has 6 heteroatoms. The highest BCUT2D eigenvalue weighted by Gasteiger charge is 2.36. The molecule has 2 heterocycles. The first kappa shape index (κ1) is 18.6. The molecule has 2 amide bonds. The first-order chi connectivity index (χ1) is 13.1. The summed E-state index contributed by atoms with van der Waals surface area (Å²) in [5, 5.41) is -0.141. The molecule has 1 aromatic heterocycles. The normalized spacial score (nSPS) is 20.0. The van der Waals surface area contributed by atoms with Gasteiger partial charge in [-0.1, -0.05) is 41.3 Å². The molecular weight excluding hydrogens is 424 g/mol. The van der Waals surface area contributed by atoms with E-state index in [1.807, 2.05) is 53.2 Å². The molecule has 2 aliphatic rings. The molecular formula is C21H21BrN2O2S. The SMILES string of the molecule is O=C1S/C(=C/c2cccn2-c2cccc(Br)c2)C(=O)N1CC1CCCCC1. The summed E-state index contributed by atoms with van der Waals surface area (Å²) in [6.07, 6.45) is 9.70. The third kappa shape index (κ3) is 4.06. The molecule has 1 saturated heterocycles. The fourth-order valence-electron chi connectivity index (χ4n) is 3.79. The van der Waals surface area contributed by atoms with Crippen molar-refractivity contribution < 1.29 is 9.59 Å². The number of thioether (sulfide) groups is 1. The number of amides is 2. The molecule has 27 heavy (non-hydrogen) atoms. The van der Waals surface area contributed by atoms with Crippen molar-refractivity contribution in [1.82, 2.24) is 9.47 Å². The van der Waals surface area contributed by atoms with Gasteiger partial charge in [-0.25, -0.2) is 0 Å². The van der Waals surface area contributed by atoms with Gasteiger partial charge in [-0.2, -0.15) is 0 Å². The largest absolute Gasteiger partial charge is 0.317 e. The van der Waals surface area contributed by atoms with Gasteiger partial charge in [-0.3, -0.25) is 14.5 Å². The Labute approximate surface area is 171 Å². The monoisotopic (exact) mass is 444 g/mol. The second-order valence-electron chi connectivity index (χ2n) is 7.08. The lowest BCUT2D eigenvalue weighted by Crippen LogP contribution is -2.34. The Bertz CT molecular complexity index is 899. The van der Waals surface area contributed by atoms with E-state index in [9.17, 15) is 9.59 Å². The van der Waals surface area contributed by atoms with Crippen molar-refractivity contribution in [3.05, 3.63) is 57.7 Å². The summed E-state index contributed by atoms with van der Waals surface area (Å²) in [5.74, 6) is 0.301. The van der Waals surface area contributed by atoms with Crippen LogP contribution in [-0.4, -0.2) is 27.2 Å². The molecule has 0 radical (unpaired) electrons. The van der Waals surface area contributed by atoms with E-state index in [1.165, 1.54) is 24.2 Å². The van der Waals surface area contributed by atoms with Gasteiger partial charge in [0.25, 0.3) is 11.1 Å². The highest BCUT2D eigenvalue weighted by molar-refractivity contribution is 9.10. The van der Waals surface area contributed by atoms with Gasteiger partial charge in [-0.05, 0) is 66.9 Å². The van der Waals surface area contributed by atoms with E-state index in [-0.39, 0.29) is 11.1 Å². The minimum atomic E-state index is -0.155. The van der Waals surface area contributed by atoms with Crippen molar-refractivity contribution >= 4 is 44.9 Å². The molecule has 4 nitrogen and oxygen atoms in total. The van der Waals surface area contributed by atoms with Gasteiger partial charge in [0.2, 0.25) is 0 Å². The number of carbonyl (C=O) groups is 2. The zero-order chi connectivity index (χ0) is 18.8. The smallest absolute Gasteiger partial charge is 0.293 e. The Kier molecular flexibility index (Phi) is 5.55. The molecule has 2 fully saturated rings. The molecule has 4 rings (SSSR count). The van der Waals surface area contributed by atoms with E-state index in [2.05, 4.69) is 15.9 Å². The van der Waals surface area contributed by atoms with Crippen LogP contribution in [0.2, 0.25) is 0 Å². The van der Waals surface area contributed by atoms with Crippen LogP contribution in [0.3, 0.4) is 0 Å². The van der Waals surface area contributed by atoms with Crippen LogP contribution in [0.5, 0.6) is 0 Å². The van der Waals surface area contributed by atoms with Crippen LogP contribution in [0, 0.1) is 5.92 Å². The number of imide groups is 1. The Morgan fingerprint density at radius 1 is 1.11 bits per heavy atom. The zero-order valence-electron chi connectivity index (χ0n) is 14.9. The number of aromatic nitrogens is 1. The number of nitrogens with zero attached hydrogens (tertiary/aromatic N) is 2. The summed E-state index contributed by atoms with van der Waals surface area (Å²) in [5.41, 5.74) is 1.89. The molecule has 1 aliphatic carbocycles. The minimum absolute atomic E-state index is 0.141. The summed E-state index contributed by atoms with van der Waals surface area (Å²) in [4.78, 5) is 27.2. The van der Waals surface area contributed by atoms with Crippen molar-refractivity contribution in [1.29, 1.82) is 0 Å². The van der Waals surface area contributed by atoms with Crippen molar-refractivity contribution in [2.45, 2.75) is 32.1 Å². The maximum absolute atomic E-state index is 12.8. The first-order valence-corrected chi connectivity index (χ1v) is 10.9. The van der Waals surface area contributed by atoms with Crippen LogP contribution in [-0.2, 0) is 4.79 Å². The predicted molar refractivity (Wildman–Crippen MR) is 113 cm³/mol. The number of hydrogen-bond donors (Lipinski definition) is 0. The zero-order valence-corrected chi connectivity index (χ0v) is 17.3. The number of benzene rings is 1. The van der Waals surface area contributed by atoms with E-state index in [1.54, 1.807) is 0 Å². The molecule has 0 unspecified atom stereocenters. The van der Waals surface area contributed by atoms with Crippen molar-refractivity contribution in [3.8, 4) is 5.69 Å². The fourth-order valence-corrected chi connectivity index (χ4v) is 5.01. The maximum Gasteiger partial charge on any atom is 0.293 e. The van der Waals surface area contributed by atoms with E-state index in [4.69, 9.17) is 0 Å². The standard InChI is InChI=1S/C21H21BrN2O2S/c22-16-8-4-9-17(12-16)23-11-5-10-18(23)13-19-20(25)24(21(26)27-19)14-15-6-2-1-3-7-15/h4-5,8-13,15H,1-3,6-7,14H2/b19-13+. The number of hydrogen-bond acceptors (Lipinski definition) is 3. The van der Waals surface area contributed by atoms with Crippen molar-refractivity contribution in [2.75, 3.05) is 6.54 Å². The van der Waals surface area contributed by atoms with E-state index < -0.39 is 0 Å².